The highest BCUT2D eigenvalue weighted by molar-refractivity contribution is 9.11. The zero-order chi connectivity index (χ0) is 19.9. The molecule has 0 bridgehead atoms. The molecule has 3 aromatic rings. The van der Waals surface area contributed by atoms with Crippen LogP contribution in [0.1, 0.15) is 15.2 Å². The maximum absolute atomic E-state index is 12.3. The number of thiophene rings is 1. The summed E-state index contributed by atoms with van der Waals surface area (Å²) in [4.78, 5) is 26.6. The highest BCUT2D eigenvalue weighted by Crippen LogP contribution is 2.25. The monoisotopic (exact) mass is 458 g/mol. The van der Waals surface area contributed by atoms with E-state index in [1.807, 2.05) is 60.7 Å². The Morgan fingerprint density at radius 1 is 1.04 bits per heavy atom. The minimum atomic E-state index is -0.235. The van der Waals surface area contributed by atoms with E-state index < -0.39 is 0 Å². The Hall–Kier alpha value is -2.64. The number of nitrogens with zero attached hydrogens (tertiary/aromatic N) is 1. The second-order valence-electron chi connectivity index (χ2n) is 6.06. The van der Waals surface area contributed by atoms with Crippen molar-refractivity contribution in [2.45, 2.75) is 6.54 Å². The first kappa shape index (κ1) is 20.1. The molecule has 144 valence electrons. The Bertz CT molecular complexity index is 959. The topological polar surface area (TPSA) is 58.6 Å². The molecule has 0 unspecified atom stereocenters. The van der Waals surface area contributed by atoms with Gasteiger partial charge in [-0.05, 0) is 46.3 Å². The van der Waals surface area contributed by atoms with Crippen LogP contribution in [0.25, 0.3) is 0 Å². The van der Waals surface area contributed by atoms with Crippen LogP contribution >= 0.6 is 27.3 Å². The highest BCUT2D eigenvalue weighted by Gasteiger charge is 2.17. The number of nitrogens with one attached hydrogen (secondary N) is 1. The first-order valence-corrected chi connectivity index (χ1v) is 10.2. The summed E-state index contributed by atoms with van der Waals surface area (Å²) in [5, 5.41) is 2.85. The number of likely N-dealkylation sites (N-methyl/N-ethyl adjacent to an activating group) is 1. The summed E-state index contributed by atoms with van der Waals surface area (Å²) in [5.41, 5.74) is 0.857. The van der Waals surface area contributed by atoms with E-state index in [4.69, 9.17) is 4.74 Å². The molecule has 3 rings (SSSR count). The van der Waals surface area contributed by atoms with Crippen molar-refractivity contribution in [1.82, 2.24) is 10.2 Å². The number of hydrogen-bond acceptors (Lipinski definition) is 4. The Morgan fingerprint density at radius 2 is 1.75 bits per heavy atom. The number of ether oxygens (including phenoxy) is 1. The number of amides is 2. The Morgan fingerprint density at radius 3 is 2.46 bits per heavy atom. The number of hydrogen-bond donors (Lipinski definition) is 1. The molecule has 1 heterocycles. The lowest BCUT2D eigenvalue weighted by atomic mass is 10.2. The molecular formula is C21H19BrN2O3S. The molecule has 28 heavy (non-hydrogen) atoms. The van der Waals surface area contributed by atoms with Crippen molar-refractivity contribution in [2.24, 2.45) is 0 Å². The van der Waals surface area contributed by atoms with Crippen molar-refractivity contribution < 1.29 is 14.3 Å². The number of benzene rings is 2. The fourth-order valence-electron chi connectivity index (χ4n) is 2.52. The quantitative estimate of drug-likeness (QED) is 0.558. The molecule has 0 aliphatic carbocycles. The minimum absolute atomic E-state index is 0.0178. The predicted octanol–water partition coefficient (Wildman–Crippen LogP) is 4.69. The van der Waals surface area contributed by atoms with Crippen LogP contribution in [0.2, 0.25) is 0 Å². The number of para-hydroxylation sites is 2. The average molecular weight is 459 g/mol. The molecule has 0 aliphatic rings. The summed E-state index contributed by atoms with van der Waals surface area (Å²) in [6.45, 7) is 0.296. The van der Waals surface area contributed by atoms with Gasteiger partial charge < -0.3 is 15.0 Å². The molecule has 1 N–H and O–H groups in total. The van der Waals surface area contributed by atoms with Gasteiger partial charge in [0.15, 0.2) is 0 Å². The lowest BCUT2D eigenvalue weighted by Crippen LogP contribution is -2.37. The maximum Gasteiger partial charge on any atom is 0.264 e. The van der Waals surface area contributed by atoms with Gasteiger partial charge in [-0.1, -0.05) is 36.4 Å². The van der Waals surface area contributed by atoms with Crippen LogP contribution in [0, 0.1) is 0 Å². The van der Waals surface area contributed by atoms with E-state index in [1.165, 1.54) is 16.2 Å². The second kappa shape index (κ2) is 9.52. The van der Waals surface area contributed by atoms with Crippen LogP contribution in [0.15, 0.2) is 70.5 Å². The smallest absolute Gasteiger partial charge is 0.264 e. The van der Waals surface area contributed by atoms with E-state index in [-0.39, 0.29) is 18.4 Å². The number of carbonyl (C=O) groups excluding carboxylic acids is 2. The van der Waals surface area contributed by atoms with Gasteiger partial charge in [-0.25, -0.2) is 0 Å². The van der Waals surface area contributed by atoms with Crippen molar-refractivity contribution in [1.29, 1.82) is 0 Å². The minimum Gasteiger partial charge on any atom is -0.457 e. The molecule has 1 aromatic heterocycles. The maximum atomic E-state index is 12.3. The van der Waals surface area contributed by atoms with Gasteiger partial charge >= 0.3 is 0 Å². The third-order valence-corrected chi connectivity index (χ3v) is 5.54. The Kier molecular flexibility index (Phi) is 6.84. The van der Waals surface area contributed by atoms with Crippen LogP contribution in [0.4, 0.5) is 0 Å². The number of carbonyl (C=O) groups is 2. The molecule has 0 radical (unpaired) electrons. The molecule has 2 aromatic carbocycles. The van der Waals surface area contributed by atoms with Crippen LogP contribution in [-0.2, 0) is 11.3 Å². The standard InChI is InChI=1S/C21H19BrN2O3S/c1-24(21(26)18-11-12-19(22)28-18)14-20(25)23-13-15-7-5-6-10-17(15)27-16-8-3-2-4-9-16/h2-12H,13-14H2,1H3,(H,23,25). The number of halogens is 1. The van der Waals surface area contributed by atoms with Crippen LogP contribution in [0.3, 0.4) is 0 Å². The normalized spacial score (nSPS) is 10.4. The SMILES string of the molecule is CN(CC(=O)NCc1ccccc1Oc1ccccc1)C(=O)c1ccc(Br)s1. The van der Waals surface area contributed by atoms with Gasteiger partial charge in [0.25, 0.3) is 5.91 Å². The Balaban J connectivity index is 1.56. The fourth-order valence-corrected chi connectivity index (χ4v) is 3.90. The van der Waals surface area contributed by atoms with E-state index >= 15 is 0 Å². The highest BCUT2D eigenvalue weighted by atomic mass is 79.9. The van der Waals surface area contributed by atoms with Crippen molar-refractivity contribution in [2.75, 3.05) is 13.6 Å². The molecule has 7 heteroatoms. The van der Waals surface area contributed by atoms with Crippen molar-refractivity contribution in [3.8, 4) is 11.5 Å². The zero-order valence-corrected chi connectivity index (χ0v) is 17.6. The second-order valence-corrected chi connectivity index (χ2v) is 8.53. The average Bonchev–Trinajstić information content (AvgIpc) is 3.14. The summed E-state index contributed by atoms with van der Waals surface area (Å²) in [6, 6.07) is 20.6. The third-order valence-electron chi connectivity index (χ3n) is 3.93. The molecular weight excluding hydrogens is 440 g/mol. The largest absolute Gasteiger partial charge is 0.457 e. The zero-order valence-electron chi connectivity index (χ0n) is 15.2. The summed E-state index contributed by atoms with van der Waals surface area (Å²) in [7, 11) is 1.61. The molecule has 2 amide bonds. The van der Waals surface area contributed by atoms with Gasteiger partial charge in [0.1, 0.15) is 11.5 Å². The van der Waals surface area contributed by atoms with Gasteiger partial charge in [0.2, 0.25) is 5.91 Å². The van der Waals surface area contributed by atoms with E-state index in [0.717, 1.165) is 15.1 Å². The summed E-state index contributed by atoms with van der Waals surface area (Å²) in [6.07, 6.45) is 0. The molecule has 0 fully saturated rings. The number of rotatable bonds is 7. The molecule has 0 atom stereocenters. The summed E-state index contributed by atoms with van der Waals surface area (Å²) < 4.78 is 6.78. The first-order chi connectivity index (χ1) is 13.5. The van der Waals surface area contributed by atoms with E-state index in [9.17, 15) is 9.59 Å². The van der Waals surface area contributed by atoms with Gasteiger partial charge in [-0.15, -0.1) is 11.3 Å². The first-order valence-electron chi connectivity index (χ1n) is 8.61. The van der Waals surface area contributed by atoms with Crippen molar-refractivity contribution in [3.05, 3.63) is 81.0 Å². The lowest BCUT2D eigenvalue weighted by Gasteiger charge is -2.16. The summed E-state index contributed by atoms with van der Waals surface area (Å²) >= 11 is 4.68. The van der Waals surface area contributed by atoms with Crippen LogP contribution < -0.4 is 10.1 Å². The molecule has 0 spiro atoms. The third kappa shape index (κ3) is 5.43. The molecule has 0 aliphatic heterocycles. The molecule has 0 saturated heterocycles. The lowest BCUT2D eigenvalue weighted by molar-refractivity contribution is -0.121. The fraction of sp³-hybridized carbons (Fsp3) is 0.143. The van der Waals surface area contributed by atoms with Gasteiger partial charge in [0.05, 0.1) is 15.2 Å². The van der Waals surface area contributed by atoms with E-state index in [1.54, 1.807) is 13.1 Å². The van der Waals surface area contributed by atoms with E-state index in [2.05, 4.69) is 21.2 Å². The predicted molar refractivity (Wildman–Crippen MR) is 114 cm³/mol. The molecule has 0 saturated carbocycles. The van der Waals surface area contributed by atoms with Crippen LogP contribution in [0.5, 0.6) is 11.5 Å². The van der Waals surface area contributed by atoms with Gasteiger partial charge in [-0.3, -0.25) is 9.59 Å². The van der Waals surface area contributed by atoms with Gasteiger partial charge in [0, 0.05) is 19.2 Å². The Labute approximate surface area is 176 Å². The van der Waals surface area contributed by atoms with Crippen molar-refractivity contribution >= 4 is 39.1 Å². The molecule has 5 nitrogen and oxygen atoms in total. The summed E-state index contributed by atoms with van der Waals surface area (Å²) in [5.74, 6) is 0.996. The van der Waals surface area contributed by atoms with E-state index in [0.29, 0.717) is 17.2 Å². The van der Waals surface area contributed by atoms with Gasteiger partial charge in [-0.2, -0.15) is 0 Å². The van der Waals surface area contributed by atoms with Crippen LogP contribution in [-0.4, -0.2) is 30.3 Å². The van der Waals surface area contributed by atoms with Crippen molar-refractivity contribution in [3.63, 3.8) is 0 Å².